The number of furan rings is 1. The highest BCUT2D eigenvalue weighted by molar-refractivity contribution is 6.30. The van der Waals surface area contributed by atoms with E-state index in [9.17, 15) is 14.0 Å². The van der Waals surface area contributed by atoms with E-state index in [1.54, 1.807) is 12.1 Å². The van der Waals surface area contributed by atoms with Gasteiger partial charge in [-0.1, -0.05) is 11.6 Å². The summed E-state index contributed by atoms with van der Waals surface area (Å²) in [7, 11) is 0. The van der Waals surface area contributed by atoms with Crippen LogP contribution in [-0.2, 0) is 11.3 Å². The van der Waals surface area contributed by atoms with Crippen molar-refractivity contribution in [1.29, 1.82) is 0 Å². The smallest absolute Gasteiger partial charge is 0.321 e. The number of rotatable bonds is 5. The molecule has 2 rings (SSSR count). The van der Waals surface area contributed by atoms with E-state index in [-0.39, 0.29) is 17.3 Å². The van der Waals surface area contributed by atoms with E-state index in [1.165, 1.54) is 18.4 Å². The Hall–Kier alpha value is -2.54. The van der Waals surface area contributed by atoms with Crippen molar-refractivity contribution in [2.45, 2.75) is 6.54 Å². The van der Waals surface area contributed by atoms with Crippen molar-refractivity contribution in [2.75, 3.05) is 6.61 Å². The van der Waals surface area contributed by atoms with E-state index in [4.69, 9.17) is 20.8 Å². The van der Waals surface area contributed by atoms with Crippen LogP contribution >= 0.6 is 11.6 Å². The molecular weight excluding hydrogens is 315 g/mol. The first-order valence-corrected chi connectivity index (χ1v) is 6.60. The molecule has 22 heavy (non-hydrogen) atoms. The van der Waals surface area contributed by atoms with Gasteiger partial charge in [-0.2, -0.15) is 0 Å². The molecule has 0 aliphatic rings. The second-order valence-corrected chi connectivity index (χ2v) is 4.58. The van der Waals surface area contributed by atoms with Gasteiger partial charge in [-0.25, -0.2) is 9.18 Å². The lowest BCUT2D eigenvalue weighted by atomic mass is 10.3. The number of hydrogen-bond donors (Lipinski definition) is 2. The van der Waals surface area contributed by atoms with Gasteiger partial charge in [-0.15, -0.1) is 0 Å². The molecule has 0 saturated carbocycles. The van der Waals surface area contributed by atoms with Gasteiger partial charge < -0.3 is 14.5 Å². The van der Waals surface area contributed by atoms with Crippen LogP contribution < -0.4 is 15.4 Å². The van der Waals surface area contributed by atoms with Crippen LogP contribution in [0, 0.1) is 5.82 Å². The lowest BCUT2D eigenvalue weighted by Crippen LogP contribution is -2.41. The fraction of sp³-hybridized carbons (Fsp3) is 0.143. The van der Waals surface area contributed by atoms with Crippen molar-refractivity contribution < 1.29 is 23.1 Å². The number of carbonyl (C=O) groups is 2. The van der Waals surface area contributed by atoms with Crippen LogP contribution in [0.15, 0.2) is 41.0 Å². The second kappa shape index (κ2) is 7.46. The van der Waals surface area contributed by atoms with Gasteiger partial charge in [0.2, 0.25) is 0 Å². The van der Waals surface area contributed by atoms with Crippen molar-refractivity contribution >= 4 is 23.5 Å². The van der Waals surface area contributed by atoms with Gasteiger partial charge in [0.05, 0.1) is 17.8 Å². The summed E-state index contributed by atoms with van der Waals surface area (Å²) in [5.74, 6) is -0.467. The minimum atomic E-state index is -0.679. The number of urea groups is 1. The zero-order valence-corrected chi connectivity index (χ0v) is 12.0. The first-order valence-electron chi connectivity index (χ1n) is 6.22. The number of halogens is 2. The van der Waals surface area contributed by atoms with E-state index in [1.807, 2.05) is 0 Å². The molecule has 0 bridgehead atoms. The molecule has 0 aliphatic carbocycles. The molecule has 0 atom stereocenters. The first-order chi connectivity index (χ1) is 10.5. The van der Waals surface area contributed by atoms with E-state index in [2.05, 4.69) is 10.6 Å². The number of hydrogen-bond acceptors (Lipinski definition) is 4. The highest BCUT2D eigenvalue weighted by Gasteiger charge is 2.09. The molecule has 0 radical (unpaired) electrons. The van der Waals surface area contributed by atoms with E-state index in [0.29, 0.717) is 5.76 Å². The third-order valence-electron chi connectivity index (χ3n) is 2.52. The van der Waals surface area contributed by atoms with Crippen molar-refractivity contribution in [1.82, 2.24) is 10.6 Å². The van der Waals surface area contributed by atoms with Crippen LogP contribution in [0.5, 0.6) is 5.75 Å². The Morgan fingerprint density at radius 2 is 2.14 bits per heavy atom. The summed E-state index contributed by atoms with van der Waals surface area (Å²) in [6, 6.07) is 6.37. The predicted molar refractivity (Wildman–Crippen MR) is 76.0 cm³/mol. The summed E-state index contributed by atoms with van der Waals surface area (Å²) < 4.78 is 23.1. The van der Waals surface area contributed by atoms with Gasteiger partial charge in [-0.05, 0) is 24.3 Å². The molecule has 1 heterocycles. The molecular formula is C14H12ClFN2O4. The fourth-order valence-corrected chi connectivity index (χ4v) is 1.67. The van der Waals surface area contributed by atoms with Crippen molar-refractivity contribution in [2.24, 2.45) is 0 Å². The van der Waals surface area contributed by atoms with Crippen LogP contribution in [0.3, 0.4) is 0 Å². The monoisotopic (exact) mass is 326 g/mol. The van der Waals surface area contributed by atoms with Gasteiger partial charge in [0.1, 0.15) is 17.3 Å². The number of benzene rings is 1. The van der Waals surface area contributed by atoms with Crippen molar-refractivity contribution in [3.63, 3.8) is 0 Å². The maximum Gasteiger partial charge on any atom is 0.321 e. The van der Waals surface area contributed by atoms with Gasteiger partial charge in [0.15, 0.2) is 6.61 Å². The largest absolute Gasteiger partial charge is 0.484 e. The Balaban J connectivity index is 1.72. The zero-order valence-electron chi connectivity index (χ0n) is 11.3. The average Bonchev–Trinajstić information content (AvgIpc) is 3.00. The molecule has 6 nitrogen and oxygen atoms in total. The number of imide groups is 1. The fourth-order valence-electron chi connectivity index (χ4n) is 1.50. The average molecular weight is 327 g/mol. The van der Waals surface area contributed by atoms with Crippen molar-refractivity contribution in [3.8, 4) is 5.75 Å². The van der Waals surface area contributed by atoms with E-state index < -0.39 is 24.4 Å². The van der Waals surface area contributed by atoms with Crippen LogP contribution in [0.4, 0.5) is 9.18 Å². The summed E-state index contributed by atoms with van der Waals surface area (Å²) >= 11 is 5.58. The molecule has 116 valence electrons. The molecule has 2 N–H and O–H groups in total. The normalized spacial score (nSPS) is 10.1. The Labute approximate surface area is 130 Å². The quantitative estimate of drug-likeness (QED) is 0.884. The van der Waals surface area contributed by atoms with E-state index in [0.717, 1.165) is 6.07 Å². The molecule has 1 aromatic carbocycles. The van der Waals surface area contributed by atoms with Crippen LogP contribution in [0.1, 0.15) is 5.76 Å². The predicted octanol–water partition coefficient (Wildman–Crippen LogP) is 2.48. The first kappa shape index (κ1) is 15.8. The molecule has 0 fully saturated rings. The minimum absolute atomic E-state index is 0.117. The topological polar surface area (TPSA) is 80.6 Å². The highest BCUT2D eigenvalue weighted by atomic mass is 35.5. The molecule has 0 aliphatic heterocycles. The Kier molecular flexibility index (Phi) is 5.37. The Bertz CT molecular complexity index is 661. The van der Waals surface area contributed by atoms with Gasteiger partial charge in [0, 0.05) is 6.07 Å². The third-order valence-corrected chi connectivity index (χ3v) is 2.81. The number of nitrogens with one attached hydrogen (secondary N) is 2. The minimum Gasteiger partial charge on any atom is -0.484 e. The standard InChI is InChI=1S/C14H12ClFN2O4/c15-11-6-9(3-4-12(11)16)22-8-13(19)18-14(20)17-7-10-2-1-5-21-10/h1-6H,7-8H2,(H2,17,18,19,20). The lowest BCUT2D eigenvalue weighted by molar-refractivity contribution is -0.122. The molecule has 0 saturated heterocycles. The van der Waals surface area contributed by atoms with Crippen LogP contribution in [0.2, 0.25) is 5.02 Å². The molecule has 8 heteroatoms. The van der Waals surface area contributed by atoms with Gasteiger partial charge in [0.25, 0.3) is 5.91 Å². The van der Waals surface area contributed by atoms with Crippen molar-refractivity contribution in [3.05, 3.63) is 53.2 Å². The summed E-state index contributed by atoms with van der Waals surface area (Å²) in [5.41, 5.74) is 0. The van der Waals surface area contributed by atoms with Crippen LogP contribution in [-0.4, -0.2) is 18.5 Å². The zero-order chi connectivity index (χ0) is 15.9. The van der Waals surface area contributed by atoms with Crippen LogP contribution in [0.25, 0.3) is 0 Å². The maximum absolute atomic E-state index is 12.9. The summed E-state index contributed by atoms with van der Waals surface area (Å²) in [4.78, 5) is 23.0. The lowest BCUT2D eigenvalue weighted by Gasteiger charge is -2.08. The van der Waals surface area contributed by atoms with E-state index >= 15 is 0 Å². The third kappa shape index (κ3) is 4.78. The Morgan fingerprint density at radius 3 is 2.82 bits per heavy atom. The highest BCUT2D eigenvalue weighted by Crippen LogP contribution is 2.20. The summed E-state index contributed by atoms with van der Waals surface area (Å²) in [6.45, 7) is -0.253. The SMILES string of the molecule is O=C(COc1ccc(F)c(Cl)c1)NC(=O)NCc1ccco1. The second-order valence-electron chi connectivity index (χ2n) is 4.17. The molecule has 0 spiro atoms. The number of carbonyl (C=O) groups excluding carboxylic acids is 2. The van der Waals surface area contributed by atoms with Gasteiger partial charge in [-0.3, -0.25) is 10.1 Å². The molecule has 3 amide bonds. The summed E-state index contributed by atoms with van der Waals surface area (Å²) in [6.07, 6.45) is 1.47. The number of amides is 3. The summed E-state index contributed by atoms with van der Waals surface area (Å²) in [5, 5.41) is 4.40. The molecule has 1 aromatic heterocycles. The Morgan fingerprint density at radius 1 is 1.32 bits per heavy atom. The molecule has 2 aromatic rings. The number of ether oxygens (including phenoxy) is 1. The maximum atomic E-state index is 12.9. The molecule has 0 unspecified atom stereocenters. The van der Waals surface area contributed by atoms with Gasteiger partial charge >= 0.3 is 6.03 Å².